The molecule has 0 unspecified atom stereocenters. The van der Waals surface area contributed by atoms with E-state index in [0.29, 0.717) is 0 Å². The van der Waals surface area contributed by atoms with Gasteiger partial charge in [-0.1, -0.05) is 0 Å². The Bertz CT molecular complexity index is 254. The summed E-state index contributed by atoms with van der Waals surface area (Å²) in [6.45, 7) is 0. The van der Waals surface area contributed by atoms with Gasteiger partial charge in [-0.25, -0.2) is 0 Å². The number of hydrazone groups is 1. The van der Waals surface area contributed by atoms with Crippen LogP contribution >= 0.6 is 0 Å². The second kappa shape index (κ2) is 3.97. The Balaban J connectivity index is 5.28. The molecule has 0 atom stereocenters. The zero-order chi connectivity index (χ0) is 13.4. The van der Waals surface area contributed by atoms with E-state index in [1.807, 2.05) is 0 Å². The number of rotatable bonds is 1. The maximum atomic E-state index is 11.8. The predicted octanol–water partition coefficient (Wildman–Crippen LogP) is 3.17. The highest BCUT2D eigenvalue weighted by atomic mass is 19.4. The third-order valence-electron chi connectivity index (χ3n) is 0.902. The highest BCUT2D eigenvalue weighted by Crippen LogP contribution is 2.34. The zero-order valence-corrected chi connectivity index (χ0v) is 6.67. The van der Waals surface area contributed by atoms with Gasteiger partial charge in [0.15, 0.2) is 0 Å². The quantitative estimate of drug-likeness (QED) is 0.308. The molecular weight excluding hydrogens is 266 g/mol. The van der Waals surface area contributed by atoms with Crippen molar-refractivity contribution in [1.29, 1.82) is 0 Å². The molecule has 0 rings (SSSR count). The molecule has 96 valence electrons. The van der Waals surface area contributed by atoms with Crippen molar-refractivity contribution in [2.75, 3.05) is 0 Å². The molecule has 0 fully saturated rings. The van der Waals surface area contributed by atoms with Crippen LogP contribution in [0.25, 0.3) is 0 Å². The maximum absolute atomic E-state index is 11.8. The van der Waals surface area contributed by atoms with Gasteiger partial charge >= 0.3 is 24.7 Å². The van der Waals surface area contributed by atoms with E-state index in [-0.39, 0.29) is 0 Å². The summed E-state index contributed by atoms with van der Waals surface area (Å²) < 4.78 is 115. The van der Waals surface area contributed by atoms with E-state index in [4.69, 9.17) is 0 Å². The fraction of sp³-hybridized carbons (Fsp3) is 0.750. The Morgan fingerprint density at radius 3 is 1.25 bits per heavy atom. The number of hydrogen-bond donors (Lipinski definition) is 0. The van der Waals surface area contributed by atoms with Crippen LogP contribution in [0.15, 0.2) is 5.10 Å². The van der Waals surface area contributed by atoms with Crippen LogP contribution in [0.5, 0.6) is 0 Å². The van der Waals surface area contributed by atoms with Gasteiger partial charge in [-0.15, -0.1) is 36.5 Å². The molecule has 2 nitrogen and oxygen atoms in total. The normalized spacial score (nSPS) is 15.2. The van der Waals surface area contributed by atoms with Crippen LogP contribution in [0.1, 0.15) is 0 Å². The molecule has 0 saturated heterocycles. The molecule has 12 heteroatoms. The van der Waals surface area contributed by atoms with Gasteiger partial charge in [0.1, 0.15) is 0 Å². The standard InChI is InChI=1S/C4F10N2/c5-1(2(6,7)8)15-16(3(9,10)11)4(12,13)14. The first-order chi connectivity index (χ1) is 6.76. The van der Waals surface area contributed by atoms with Crippen LogP contribution < -0.4 is 0 Å². The summed E-state index contributed by atoms with van der Waals surface area (Å²) in [6, 6.07) is 0. The minimum atomic E-state index is -6.32. The molecule has 0 saturated carbocycles. The number of alkyl halides is 9. The average Bonchev–Trinajstić information content (AvgIpc) is 1.92. The smallest absolute Gasteiger partial charge is 0.178 e. The minimum absolute atomic E-state index is 0.799. The summed E-state index contributed by atoms with van der Waals surface area (Å²) >= 11 is 0. The van der Waals surface area contributed by atoms with Gasteiger partial charge in [0.25, 0.3) is 0 Å². The number of halogens is 10. The van der Waals surface area contributed by atoms with Gasteiger partial charge in [0.05, 0.1) is 0 Å². The Morgan fingerprint density at radius 2 is 1.06 bits per heavy atom. The summed E-state index contributed by atoms with van der Waals surface area (Å²) in [6.07, 6.45) is -18.7. The maximum Gasteiger partial charge on any atom is 0.507 e. The second-order valence-corrected chi connectivity index (χ2v) is 2.14. The van der Waals surface area contributed by atoms with Crippen molar-refractivity contribution in [3.05, 3.63) is 0 Å². The van der Waals surface area contributed by atoms with Crippen molar-refractivity contribution >= 4 is 5.97 Å². The van der Waals surface area contributed by atoms with Crippen molar-refractivity contribution in [3.8, 4) is 0 Å². The molecule has 0 heterocycles. The molecule has 0 aliphatic carbocycles. The van der Waals surface area contributed by atoms with Crippen molar-refractivity contribution in [3.63, 3.8) is 0 Å². The van der Waals surface area contributed by atoms with Crippen LogP contribution in [0, 0.1) is 0 Å². The molecule has 0 aliphatic rings. The van der Waals surface area contributed by atoms with Crippen LogP contribution in [0.3, 0.4) is 0 Å². The summed E-state index contributed by atoms with van der Waals surface area (Å²) in [5.41, 5.74) is 0. The van der Waals surface area contributed by atoms with Gasteiger partial charge in [-0.05, 0) is 0 Å². The summed E-state index contributed by atoms with van der Waals surface area (Å²) in [4.78, 5) is 0. The average molecular weight is 266 g/mol. The van der Waals surface area contributed by atoms with Crippen LogP contribution in [0.4, 0.5) is 43.9 Å². The summed E-state index contributed by atoms with van der Waals surface area (Å²) in [5, 5.41) is -2.09. The van der Waals surface area contributed by atoms with Crippen molar-refractivity contribution in [2.45, 2.75) is 18.8 Å². The summed E-state index contributed by atoms with van der Waals surface area (Å²) in [7, 11) is 0. The van der Waals surface area contributed by atoms with Gasteiger partial charge in [-0.3, -0.25) is 0 Å². The molecule has 0 amide bonds. The summed E-state index contributed by atoms with van der Waals surface area (Å²) in [5.74, 6) is -3.76. The zero-order valence-electron chi connectivity index (χ0n) is 6.67. The monoisotopic (exact) mass is 266 g/mol. The third kappa shape index (κ3) is 4.10. The Hall–Kier alpha value is -1.23. The lowest BCUT2D eigenvalue weighted by molar-refractivity contribution is -0.374. The van der Waals surface area contributed by atoms with Crippen LogP contribution in [0.2, 0.25) is 0 Å². The molecule has 0 aliphatic heterocycles. The van der Waals surface area contributed by atoms with E-state index in [9.17, 15) is 43.9 Å². The Kier molecular flexibility index (Phi) is 3.67. The van der Waals surface area contributed by atoms with E-state index < -0.39 is 29.8 Å². The lowest BCUT2D eigenvalue weighted by atomic mass is 10.7. The first-order valence-electron chi connectivity index (χ1n) is 3.01. The number of nitrogens with zero attached hydrogens (tertiary/aromatic N) is 2. The first kappa shape index (κ1) is 14.8. The van der Waals surface area contributed by atoms with Gasteiger partial charge in [0, 0.05) is 0 Å². The van der Waals surface area contributed by atoms with Gasteiger partial charge < -0.3 is 0 Å². The van der Waals surface area contributed by atoms with E-state index >= 15 is 0 Å². The van der Waals surface area contributed by atoms with Crippen LogP contribution in [-0.2, 0) is 0 Å². The van der Waals surface area contributed by atoms with E-state index in [1.54, 1.807) is 0 Å². The van der Waals surface area contributed by atoms with E-state index in [2.05, 4.69) is 0 Å². The molecule has 0 spiro atoms. The number of hydrogen-bond acceptors (Lipinski definition) is 2. The lowest BCUT2D eigenvalue weighted by Gasteiger charge is -2.23. The highest BCUT2D eigenvalue weighted by Gasteiger charge is 2.55. The van der Waals surface area contributed by atoms with Crippen molar-refractivity contribution in [1.82, 2.24) is 5.01 Å². The first-order valence-corrected chi connectivity index (χ1v) is 3.01. The largest absolute Gasteiger partial charge is 0.507 e. The van der Waals surface area contributed by atoms with E-state index in [0.717, 1.165) is 5.10 Å². The molecule has 0 N–H and O–H groups in total. The molecule has 0 aromatic rings. The Labute approximate surface area is 80.1 Å². The lowest BCUT2D eigenvalue weighted by Crippen LogP contribution is -2.45. The molecular formula is C4F10N2. The predicted molar refractivity (Wildman–Crippen MR) is 28.5 cm³/mol. The van der Waals surface area contributed by atoms with E-state index in [1.165, 1.54) is 0 Å². The Morgan fingerprint density at radius 1 is 0.750 bits per heavy atom. The molecule has 0 aromatic heterocycles. The fourth-order valence-corrected chi connectivity index (χ4v) is 0.402. The fourth-order valence-electron chi connectivity index (χ4n) is 0.402. The van der Waals surface area contributed by atoms with Crippen molar-refractivity contribution < 1.29 is 43.9 Å². The minimum Gasteiger partial charge on any atom is -0.178 e. The highest BCUT2D eigenvalue weighted by molar-refractivity contribution is 5.80. The third-order valence-corrected chi connectivity index (χ3v) is 0.902. The van der Waals surface area contributed by atoms with Crippen molar-refractivity contribution in [2.24, 2.45) is 5.10 Å². The molecule has 0 radical (unpaired) electrons. The molecule has 0 aromatic carbocycles. The molecule has 0 bridgehead atoms. The van der Waals surface area contributed by atoms with Gasteiger partial charge in [0.2, 0.25) is 0 Å². The SMILES string of the molecule is FC(=NN(C(F)(F)F)C(F)(F)F)C(F)(F)F. The van der Waals surface area contributed by atoms with Crippen LogP contribution in [-0.4, -0.2) is 29.8 Å². The van der Waals surface area contributed by atoms with Gasteiger partial charge in [-0.2, -0.15) is 17.6 Å². The topological polar surface area (TPSA) is 15.6 Å². The molecule has 16 heavy (non-hydrogen) atoms. The second-order valence-electron chi connectivity index (χ2n) is 2.14.